The summed E-state index contributed by atoms with van der Waals surface area (Å²) in [7, 11) is 1.88. The fourth-order valence-electron chi connectivity index (χ4n) is 1.91. The molecule has 0 bridgehead atoms. The number of pyridine rings is 1. The Kier molecular flexibility index (Phi) is 2.64. The predicted octanol–water partition coefficient (Wildman–Crippen LogP) is 1.98. The standard InChI is InChI=1S/C13H13N5/c1-18-10(9-16-17-18)8-15-13-6-2-5-12-11(13)4-3-7-14-12/h2-7,9,15H,8H2,1H3. The lowest BCUT2D eigenvalue weighted by molar-refractivity contribution is 0.683. The Labute approximate surface area is 104 Å². The molecule has 0 fully saturated rings. The van der Waals surface area contributed by atoms with Crippen LogP contribution in [0.1, 0.15) is 5.69 Å². The topological polar surface area (TPSA) is 55.6 Å². The Morgan fingerprint density at radius 2 is 2.17 bits per heavy atom. The van der Waals surface area contributed by atoms with Gasteiger partial charge in [-0.2, -0.15) is 0 Å². The van der Waals surface area contributed by atoms with E-state index in [1.807, 2.05) is 31.3 Å². The second-order valence-electron chi connectivity index (χ2n) is 4.08. The van der Waals surface area contributed by atoms with Crippen LogP contribution >= 0.6 is 0 Å². The summed E-state index contributed by atoms with van der Waals surface area (Å²) in [6.45, 7) is 0.692. The molecule has 2 heterocycles. The number of rotatable bonds is 3. The van der Waals surface area contributed by atoms with Crippen LogP contribution in [0.15, 0.2) is 42.7 Å². The normalized spacial score (nSPS) is 10.7. The number of hydrogen-bond acceptors (Lipinski definition) is 4. The molecule has 0 aliphatic heterocycles. The van der Waals surface area contributed by atoms with E-state index in [2.05, 4.69) is 26.7 Å². The SMILES string of the molecule is Cn1nncc1CNc1cccc2ncccc12. The Morgan fingerprint density at radius 3 is 3.00 bits per heavy atom. The lowest BCUT2D eigenvalue weighted by Gasteiger charge is -2.08. The van der Waals surface area contributed by atoms with Crippen molar-refractivity contribution in [3.63, 3.8) is 0 Å². The zero-order chi connectivity index (χ0) is 12.4. The molecule has 5 nitrogen and oxygen atoms in total. The van der Waals surface area contributed by atoms with Crippen molar-refractivity contribution in [3.8, 4) is 0 Å². The Bertz CT molecular complexity index is 668. The average Bonchev–Trinajstić information content (AvgIpc) is 2.82. The molecule has 2 aromatic heterocycles. The van der Waals surface area contributed by atoms with E-state index in [0.29, 0.717) is 6.54 Å². The summed E-state index contributed by atoms with van der Waals surface area (Å²) in [5.74, 6) is 0. The van der Waals surface area contributed by atoms with Crippen molar-refractivity contribution >= 4 is 16.6 Å². The molecule has 0 saturated heterocycles. The zero-order valence-electron chi connectivity index (χ0n) is 10.0. The van der Waals surface area contributed by atoms with E-state index in [0.717, 1.165) is 22.3 Å². The Balaban J connectivity index is 1.89. The fourth-order valence-corrected chi connectivity index (χ4v) is 1.91. The number of aromatic nitrogens is 4. The van der Waals surface area contributed by atoms with E-state index in [1.54, 1.807) is 17.1 Å². The van der Waals surface area contributed by atoms with Crippen molar-refractivity contribution < 1.29 is 0 Å². The molecule has 90 valence electrons. The highest BCUT2D eigenvalue weighted by Crippen LogP contribution is 2.21. The van der Waals surface area contributed by atoms with E-state index < -0.39 is 0 Å². The van der Waals surface area contributed by atoms with E-state index in [9.17, 15) is 0 Å². The van der Waals surface area contributed by atoms with Gasteiger partial charge in [0.15, 0.2) is 0 Å². The highest BCUT2D eigenvalue weighted by Gasteiger charge is 2.03. The van der Waals surface area contributed by atoms with Crippen LogP contribution in [0, 0.1) is 0 Å². The van der Waals surface area contributed by atoms with Gasteiger partial charge in [0.1, 0.15) is 0 Å². The summed E-state index contributed by atoms with van der Waals surface area (Å²) in [5, 5.41) is 12.3. The van der Waals surface area contributed by atoms with Crippen molar-refractivity contribution in [1.82, 2.24) is 20.0 Å². The van der Waals surface area contributed by atoms with E-state index >= 15 is 0 Å². The minimum atomic E-state index is 0.692. The maximum Gasteiger partial charge on any atom is 0.0774 e. The van der Waals surface area contributed by atoms with Crippen LogP contribution in [0.4, 0.5) is 5.69 Å². The molecule has 3 aromatic rings. The number of anilines is 1. The van der Waals surface area contributed by atoms with Crippen molar-refractivity contribution in [2.24, 2.45) is 7.05 Å². The second-order valence-corrected chi connectivity index (χ2v) is 4.08. The third kappa shape index (κ3) is 1.90. The minimum absolute atomic E-state index is 0.692. The van der Waals surface area contributed by atoms with Crippen LogP contribution in [0.2, 0.25) is 0 Å². The second kappa shape index (κ2) is 4.44. The van der Waals surface area contributed by atoms with E-state index in [4.69, 9.17) is 0 Å². The van der Waals surface area contributed by atoms with Gasteiger partial charge >= 0.3 is 0 Å². The molecule has 0 aliphatic rings. The first-order chi connectivity index (χ1) is 8.84. The number of fused-ring (bicyclic) bond motifs is 1. The number of benzene rings is 1. The van der Waals surface area contributed by atoms with Gasteiger partial charge in [-0.25, -0.2) is 0 Å². The van der Waals surface area contributed by atoms with Crippen molar-refractivity contribution in [2.75, 3.05) is 5.32 Å². The molecule has 0 spiro atoms. The quantitative estimate of drug-likeness (QED) is 0.759. The molecular weight excluding hydrogens is 226 g/mol. The summed E-state index contributed by atoms with van der Waals surface area (Å²) in [6.07, 6.45) is 3.56. The first-order valence-corrected chi connectivity index (χ1v) is 5.76. The number of aryl methyl sites for hydroxylation is 1. The Morgan fingerprint density at radius 1 is 1.22 bits per heavy atom. The highest BCUT2D eigenvalue weighted by molar-refractivity contribution is 5.91. The predicted molar refractivity (Wildman–Crippen MR) is 70.1 cm³/mol. The first-order valence-electron chi connectivity index (χ1n) is 5.76. The summed E-state index contributed by atoms with van der Waals surface area (Å²) < 4.78 is 1.76. The molecule has 0 aliphatic carbocycles. The van der Waals surface area contributed by atoms with E-state index in [-0.39, 0.29) is 0 Å². The van der Waals surface area contributed by atoms with Crippen molar-refractivity contribution in [3.05, 3.63) is 48.4 Å². The smallest absolute Gasteiger partial charge is 0.0774 e. The van der Waals surface area contributed by atoms with Crippen LogP contribution < -0.4 is 5.32 Å². The van der Waals surface area contributed by atoms with Gasteiger partial charge in [-0.15, -0.1) is 5.10 Å². The summed E-state index contributed by atoms with van der Waals surface area (Å²) >= 11 is 0. The van der Waals surface area contributed by atoms with Gasteiger partial charge in [0.2, 0.25) is 0 Å². The molecule has 3 rings (SSSR count). The van der Waals surface area contributed by atoms with Crippen molar-refractivity contribution in [1.29, 1.82) is 0 Å². The molecule has 1 aromatic carbocycles. The summed E-state index contributed by atoms with van der Waals surface area (Å²) in [4.78, 5) is 4.33. The van der Waals surface area contributed by atoms with Gasteiger partial charge in [-0.05, 0) is 24.3 Å². The van der Waals surface area contributed by atoms with Gasteiger partial charge in [0.25, 0.3) is 0 Å². The van der Waals surface area contributed by atoms with Crippen molar-refractivity contribution in [2.45, 2.75) is 6.54 Å². The van der Waals surface area contributed by atoms with Gasteiger partial charge in [0.05, 0.1) is 24.0 Å². The molecular formula is C13H13N5. The Hall–Kier alpha value is -2.43. The third-order valence-electron chi connectivity index (χ3n) is 2.91. The molecule has 5 heteroatoms. The number of nitrogens with one attached hydrogen (secondary N) is 1. The lowest BCUT2D eigenvalue weighted by atomic mass is 10.2. The van der Waals surface area contributed by atoms with Gasteiger partial charge in [0, 0.05) is 24.3 Å². The molecule has 0 saturated carbocycles. The fraction of sp³-hybridized carbons (Fsp3) is 0.154. The average molecular weight is 239 g/mol. The molecule has 0 atom stereocenters. The highest BCUT2D eigenvalue weighted by atomic mass is 15.4. The van der Waals surface area contributed by atoms with Gasteiger partial charge in [-0.1, -0.05) is 11.3 Å². The summed E-state index contributed by atoms with van der Waals surface area (Å²) in [6, 6.07) is 10.1. The minimum Gasteiger partial charge on any atom is -0.379 e. The molecule has 1 N–H and O–H groups in total. The monoisotopic (exact) mass is 239 g/mol. The van der Waals surface area contributed by atoms with E-state index in [1.165, 1.54) is 0 Å². The first kappa shape index (κ1) is 10.7. The third-order valence-corrected chi connectivity index (χ3v) is 2.91. The van der Waals surface area contributed by atoms with Gasteiger partial charge < -0.3 is 5.32 Å². The van der Waals surface area contributed by atoms with Crippen LogP contribution in [-0.4, -0.2) is 20.0 Å². The maximum absolute atomic E-state index is 4.33. The zero-order valence-corrected chi connectivity index (χ0v) is 10.0. The van der Waals surface area contributed by atoms with Crippen LogP contribution in [0.25, 0.3) is 10.9 Å². The van der Waals surface area contributed by atoms with Crippen LogP contribution in [0.3, 0.4) is 0 Å². The van der Waals surface area contributed by atoms with Crippen LogP contribution in [-0.2, 0) is 13.6 Å². The molecule has 0 unspecified atom stereocenters. The molecule has 0 radical (unpaired) electrons. The molecule has 0 amide bonds. The number of hydrogen-bond donors (Lipinski definition) is 1. The summed E-state index contributed by atoms with van der Waals surface area (Å²) in [5.41, 5.74) is 3.10. The maximum atomic E-state index is 4.33. The largest absolute Gasteiger partial charge is 0.379 e. The molecule has 18 heavy (non-hydrogen) atoms. The lowest BCUT2D eigenvalue weighted by Crippen LogP contribution is -2.05. The number of nitrogens with zero attached hydrogens (tertiary/aromatic N) is 4. The van der Waals surface area contributed by atoms with Crippen LogP contribution in [0.5, 0.6) is 0 Å². The van der Waals surface area contributed by atoms with Gasteiger partial charge in [-0.3, -0.25) is 9.67 Å².